The molecule has 5 N–H and O–H groups in total. The summed E-state index contributed by atoms with van der Waals surface area (Å²) in [6, 6.07) is 0. The van der Waals surface area contributed by atoms with Crippen molar-refractivity contribution in [2.24, 2.45) is 0 Å². The van der Waals surface area contributed by atoms with Gasteiger partial charge in [0.1, 0.15) is 5.82 Å². The summed E-state index contributed by atoms with van der Waals surface area (Å²) in [7, 11) is 0. The van der Waals surface area contributed by atoms with Crippen molar-refractivity contribution in [3.8, 4) is 0 Å². The van der Waals surface area contributed by atoms with Gasteiger partial charge in [-0.1, -0.05) is 0 Å². The molecule has 1 atom stereocenters. The summed E-state index contributed by atoms with van der Waals surface area (Å²) in [5, 5.41) is 21.4. The van der Waals surface area contributed by atoms with Crippen molar-refractivity contribution >= 4 is 5.91 Å². The lowest BCUT2D eigenvalue weighted by Gasteiger charge is -2.30. The van der Waals surface area contributed by atoms with E-state index >= 15 is 0 Å². The Morgan fingerprint density at radius 3 is 3.00 bits per heavy atom. The Morgan fingerprint density at radius 1 is 1.59 bits per heavy atom. The highest BCUT2D eigenvalue weighted by molar-refractivity contribution is 5.85. The van der Waals surface area contributed by atoms with E-state index in [1.807, 2.05) is 0 Å². The molecular formula is C9H15N5O3. The smallest absolute Gasteiger partial charge is 0.340 e. The average molecular weight is 241 g/mol. The van der Waals surface area contributed by atoms with Crippen LogP contribution < -0.4 is 16.3 Å². The predicted molar refractivity (Wildman–Crippen MR) is 58.1 cm³/mol. The molecule has 2 heterocycles. The number of piperidine rings is 1. The fourth-order valence-electron chi connectivity index (χ4n) is 1.80. The molecule has 0 aromatic carbocycles. The Morgan fingerprint density at radius 2 is 2.41 bits per heavy atom. The van der Waals surface area contributed by atoms with Crippen LogP contribution in [0.2, 0.25) is 0 Å². The van der Waals surface area contributed by atoms with Crippen LogP contribution in [0.5, 0.6) is 0 Å². The lowest BCUT2D eigenvalue weighted by atomic mass is 9.93. The van der Waals surface area contributed by atoms with E-state index in [0.29, 0.717) is 12.2 Å². The lowest BCUT2D eigenvalue weighted by molar-refractivity contribution is -0.141. The van der Waals surface area contributed by atoms with Crippen LogP contribution in [-0.4, -0.2) is 44.9 Å². The Balaban J connectivity index is 1.90. The maximum absolute atomic E-state index is 11.8. The average Bonchev–Trinajstić information content (AvgIpc) is 2.73. The van der Waals surface area contributed by atoms with Gasteiger partial charge in [0.05, 0.1) is 6.54 Å². The number of carbonyl (C=O) groups excluding carboxylic acids is 1. The summed E-state index contributed by atoms with van der Waals surface area (Å²) in [6.45, 7) is 1.14. The summed E-state index contributed by atoms with van der Waals surface area (Å²) in [4.78, 5) is 24.9. The normalized spacial score (nSPS) is 24.5. The van der Waals surface area contributed by atoms with Crippen molar-refractivity contribution < 1.29 is 9.90 Å². The number of hydrogen-bond donors (Lipinski definition) is 5. The van der Waals surface area contributed by atoms with Crippen molar-refractivity contribution in [2.75, 3.05) is 13.1 Å². The topological polar surface area (TPSA) is 123 Å². The van der Waals surface area contributed by atoms with Crippen LogP contribution in [0.25, 0.3) is 0 Å². The summed E-state index contributed by atoms with van der Waals surface area (Å²) in [5.41, 5.74) is -1.79. The second-order valence-corrected chi connectivity index (χ2v) is 4.12. The van der Waals surface area contributed by atoms with E-state index in [9.17, 15) is 14.7 Å². The minimum absolute atomic E-state index is 0.0832. The number of hydrogen-bond acceptors (Lipinski definition) is 5. The van der Waals surface area contributed by atoms with Crippen molar-refractivity contribution in [1.82, 2.24) is 25.8 Å². The van der Waals surface area contributed by atoms with E-state index in [-0.39, 0.29) is 13.1 Å². The number of nitrogens with zero attached hydrogens (tertiary/aromatic N) is 1. The van der Waals surface area contributed by atoms with Gasteiger partial charge < -0.3 is 15.7 Å². The molecule has 1 aliphatic heterocycles. The quantitative estimate of drug-likeness (QED) is 0.412. The third-order valence-electron chi connectivity index (χ3n) is 2.75. The number of rotatable bonds is 3. The first-order chi connectivity index (χ1) is 8.10. The van der Waals surface area contributed by atoms with E-state index in [1.165, 1.54) is 0 Å². The molecule has 0 bridgehead atoms. The van der Waals surface area contributed by atoms with Gasteiger partial charge in [-0.05, 0) is 19.4 Å². The van der Waals surface area contributed by atoms with E-state index in [2.05, 4.69) is 25.8 Å². The van der Waals surface area contributed by atoms with Gasteiger partial charge in [-0.15, -0.1) is 0 Å². The lowest BCUT2D eigenvalue weighted by Crippen LogP contribution is -2.55. The minimum atomic E-state index is -1.37. The van der Waals surface area contributed by atoms with Gasteiger partial charge in [0.15, 0.2) is 5.60 Å². The first kappa shape index (κ1) is 11.8. The molecule has 8 nitrogen and oxygen atoms in total. The Labute approximate surface area is 96.8 Å². The molecule has 1 fully saturated rings. The monoisotopic (exact) mass is 241 g/mol. The number of aromatic amines is 2. The molecule has 1 aliphatic rings. The van der Waals surface area contributed by atoms with Gasteiger partial charge in [-0.25, -0.2) is 9.89 Å². The molecule has 1 amide bonds. The highest BCUT2D eigenvalue weighted by Gasteiger charge is 2.36. The number of nitrogens with one attached hydrogen (secondary N) is 4. The number of aliphatic hydroxyl groups is 1. The van der Waals surface area contributed by atoms with Crippen molar-refractivity contribution in [3.63, 3.8) is 0 Å². The second-order valence-electron chi connectivity index (χ2n) is 4.12. The number of carbonyl (C=O) groups is 1. The SMILES string of the molecule is O=C(NCc1n[nH]c(=O)[nH]1)C1(O)CCCNC1. The molecule has 0 radical (unpaired) electrons. The van der Waals surface area contributed by atoms with Gasteiger partial charge >= 0.3 is 5.69 Å². The molecule has 1 unspecified atom stereocenters. The van der Waals surface area contributed by atoms with Gasteiger partial charge in [-0.2, -0.15) is 5.10 Å². The van der Waals surface area contributed by atoms with Crippen molar-refractivity contribution in [3.05, 3.63) is 16.3 Å². The largest absolute Gasteiger partial charge is 0.379 e. The highest BCUT2D eigenvalue weighted by Crippen LogP contribution is 2.15. The summed E-state index contributed by atoms with van der Waals surface area (Å²) < 4.78 is 0. The van der Waals surface area contributed by atoms with Crippen LogP contribution in [0.1, 0.15) is 18.7 Å². The van der Waals surface area contributed by atoms with Crippen LogP contribution in [-0.2, 0) is 11.3 Å². The zero-order valence-electron chi connectivity index (χ0n) is 9.25. The van der Waals surface area contributed by atoms with Crippen LogP contribution in [0.4, 0.5) is 0 Å². The Hall–Kier alpha value is -1.67. The Bertz CT molecular complexity index is 445. The standard InChI is InChI=1S/C9H15N5O3/c15-7(9(17)2-1-3-10-5-9)11-4-6-12-8(16)14-13-6/h10,17H,1-5H2,(H,11,15)(H2,12,13,14,16). The number of H-pyrrole nitrogens is 2. The van der Waals surface area contributed by atoms with Crippen LogP contribution >= 0.6 is 0 Å². The maximum Gasteiger partial charge on any atom is 0.340 e. The zero-order valence-corrected chi connectivity index (χ0v) is 9.25. The number of β-amino-alcohol motifs (C(OH)–C–C–N with tert-alkyl or cyclic N) is 1. The fraction of sp³-hybridized carbons (Fsp3) is 0.667. The summed E-state index contributed by atoms with van der Waals surface area (Å²) >= 11 is 0. The molecule has 1 aromatic rings. The summed E-state index contributed by atoms with van der Waals surface area (Å²) in [5.74, 6) is -0.121. The maximum atomic E-state index is 11.8. The van der Waals surface area contributed by atoms with Gasteiger partial charge in [0, 0.05) is 6.54 Å². The molecule has 17 heavy (non-hydrogen) atoms. The second kappa shape index (κ2) is 4.68. The first-order valence-corrected chi connectivity index (χ1v) is 5.45. The molecule has 1 aromatic heterocycles. The molecule has 0 saturated carbocycles. The van der Waals surface area contributed by atoms with Gasteiger partial charge in [0.2, 0.25) is 0 Å². The third kappa shape index (κ3) is 2.71. The number of aromatic nitrogens is 3. The first-order valence-electron chi connectivity index (χ1n) is 5.45. The van der Waals surface area contributed by atoms with Gasteiger partial charge in [-0.3, -0.25) is 9.78 Å². The van der Waals surface area contributed by atoms with Crippen LogP contribution in [0.3, 0.4) is 0 Å². The minimum Gasteiger partial charge on any atom is -0.379 e. The zero-order chi connectivity index (χ0) is 12.3. The van der Waals surface area contributed by atoms with Crippen LogP contribution in [0.15, 0.2) is 4.79 Å². The molecular weight excluding hydrogens is 226 g/mol. The highest BCUT2D eigenvalue weighted by atomic mass is 16.3. The molecule has 0 aliphatic carbocycles. The molecule has 0 spiro atoms. The third-order valence-corrected chi connectivity index (χ3v) is 2.75. The Kier molecular flexibility index (Phi) is 3.25. The van der Waals surface area contributed by atoms with E-state index in [0.717, 1.165) is 13.0 Å². The molecule has 8 heteroatoms. The molecule has 1 saturated heterocycles. The fourth-order valence-corrected chi connectivity index (χ4v) is 1.80. The van der Waals surface area contributed by atoms with Crippen LogP contribution in [0, 0.1) is 0 Å². The van der Waals surface area contributed by atoms with E-state index in [1.54, 1.807) is 0 Å². The van der Waals surface area contributed by atoms with E-state index < -0.39 is 17.2 Å². The molecule has 2 rings (SSSR count). The number of amides is 1. The van der Waals surface area contributed by atoms with E-state index in [4.69, 9.17) is 0 Å². The van der Waals surface area contributed by atoms with Crippen molar-refractivity contribution in [1.29, 1.82) is 0 Å². The van der Waals surface area contributed by atoms with Gasteiger partial charge in [0.25, 0.3) is 5.91 Å². The molecule has 94 valence electrons. The predicted octanol–water partition coefficient (Wildman–Crippen LogP) is -2.17. The summed E-state index contributed by atoms with van der Waals surface area (Å²) in [6.07, 6.45) is 1.19. The van der Waals surface area contributed by atoms with Crippen molar-refractivity contribution in [2.45, 2.75) is 25.0 Å².